The van der Waals surface area contributed by atoms with Crippen LogP contribution in [0.2, 0.25) is 0 Å². The van der Waals surface area contributed by atoms with E-state index in [2.05, 4.69) is 11.8 Å². The minimum Gasteiger partial charge on any atom is -0.494 e. The van der Waals surface area contributed by atoms with E-state index in [1.54, 1.807) is 0 Å². The van der Waals surface area contributed by atoms with Gasteiger partial charge in [-0.3, -0.25) is 4.90 Å². The average Bonchev–Trinajstić information content (AvgIpc) is 2.76. The molecule has 20 heavy (non-hydrogen) atoms. The van der Waals surface area contributed by atoms with Gasteiger partial charge < -0.3 is 9.84 Å². The quantitative estimate of drug-likeness (QED) is 0.895. The van der Waals surface area contributed by atoms with E-state index in [0.717, 1.165) is 24.4 Å². The van der Waals surface area contributed by atoms with Gasteiger partial charge in [-0.15, -0.1) is 0 Å². The third-order valence-corrected chi connectivity index (χ3v) is 4.21. The molecule has 0 aliphatic carbocycles. The van der Waals surface area contributed by atoms with E-state index in [-0.39, 0.29) is 6.04 Å². The second kappa shape index (κ2) is 7.65. The minimum absolute atomic E-state index is 0.172. The van der Waals surface area contributed by atoms with E-state index < -0.39 is 6.10 Å². The fourth-order valence-corrected chi connectivity index (χ4v) is 2.91. The zero-order valence-corrected chi connectivity index (χ0v) is 12.7. The highest BCUT2D eigenvalue weighted by atomic mass is 16.5. The van der Waals surface area contributed by atoms with Crippen molar-refractivity contribution in [3.8, 4) is 5.75 Å². The molecule has 0 bridgehead atoms. The molecular formula is C17H27NO2. The number of nitrogens with zero attached hydrogens (tertiary/aromatic N) is 1. The van der Waals surface area contributed by atoms with Gasteiger partial charge in [-0.05, 0) is 57.5 Å². The lowest BCUT2D eigenvalue weighted by Crippen LogP contribution is -2.38. The maximum atomic E-state index is 10.6. The Balaban J connectivity index is 1.99. The van der Waals surface area contributed by atoms with Gasteiger partial charge in [0, 0.05) is 6.04 Å². The molecule has 1 aromatic carbocycles. The first-order valence-corrected chi connectivity index (χ1v) is 7.87. The Labute approximate surface area is 122 Å². The first kappa shape index (κ1) is 15.3. The predicted molar refractivity (Wildman–Crippen MR) is 82.1 cm³/mol. The smallest absolute Gasteiger partial charge is 0.119 e. The van der Waals surface area contributed by atoms with Crippen molar-refractivity contribution in [2.24, 2.45) is 0 Å². The van der Waals surface area contributed by atoms with Gasteiger partial charge in [-0.25, -0.2) is 0 Å². The number of likely N-dealkylation sites (tertiary alicyclic amines) is 1. The van der Waals surface area contributed by atoms with E-state index in [1.807, 2.05) is 31.2 Å². The second-order valence-corrected chi connectivity index (χ2v) is 5.64. The van der Waals surface area contributed by atoms with Crippen molar-refractivity contribution >= 4 is 0 Å². The molecule has 1 fully saturated rings. The van der Waals surface area contributed by atoms with Crippen LogP contribution in [-0.4, -0.2) is 35.7 Å². The van der Waals surface area contributed by atoms with Crippen molar-refractivity contribution in [1.29, 1.82) is 0 Å². The van der Waals surface area contributed by atoms with Crippen molar-refractivity contribution in [3.63, 3.8) is 0 Å². The highest BCUT2D eigenvalue weighted by Crippen LogP contribution is 2.25. The molecule has 0 unspecified atom stereocenters. The number of aliphatic hydroxyl groups is 1. The number of aliphatic hydroxyl groups excluding tert-OH is 1. The lowest BCUT2D eigenvalue weighted by molar-refractivity contribution is 0.0597. The molecule has 1 N–H and O–H groups in total. The number of benzene rings is 1. The van der Waals surface area contributed by atoms with Gasteiger partial charge in [-0.1, -0.05) is 25.0 Å². The summed E-state index contributed by atoms with van der Waals surface area (Å²) in [6.07, 6.45) is 4.72. The van der Waals surface area contributed by atoms with Crippen molar-refractivity contribution in [2.45, 2.75) is 51.7 Å². The second-order valence-electron chi connectivity index (χ2n) is 5.64. The molecule has 0 saturated carbocycles. The average molecular weight is 277 g/mol. The lowest BCUT2D eigenvalue weighted by Gasteiger charge is -2.31. The summed E-state index contributed by atoms with van der Waals surface area (Å²) in [5.41, 5.74) is 0.977. The van der Waals surface area contributed by atoms with Gasteiger partial charge in [0.2, 0.25) is 0 Å². The van der Waals surface area contributed by atoms with Crippen LogP contribution < -0.4 is 4.74 Å². The molecule has 0 spiro atoms. The predicted octanol–water partition coefficient (Wildman–Crippen LogP) is 3.38. The van der Waals surface area contributed by atoms with Crippen molar-refractivity contribution in [2.75, 3.05) is 19.7 Å². The Hall–Kier alpha value is -1.06. The first-order valence-electron chi connectivity index (χ1n) is 7.87. The van der Waals surface area contributed by atoms with Crippen LogP contribution in [-0.2, 0) is 0 Å². The van der Waals surface area contributed by atoms with Gasteiger partial charge >= 0.3 is 0 Å². The van der Waals surface area contributed by atoms with Gasteiger partial charge in [0.15, 0.2) is 0 Å². The van der Waals surface area contributed by atoms with E-state index in [1.165, 1.54) is 25.7 Å². The number of ether oxygens (including phenoxy) is 1. The summed E-state index contributed by atoms with van der Waals surface area (Å²) in [6, 6.07) is 8.01. The van der Waals surface area contributed by atoms with Crippen molar-refractivity contribution < 1.29 is 9.84 Å². The van der Waals surface area contributed by atoms with Gasteiger partial charge in [0.25, 0.3) is 0 Å². The summed E-state index contributed by atoms with van der Waals surface area (Å²) in [5, 5.41) is 10.6. The van der Waals surface area contributed by atoms with E-state index in [9.17, 15) is 5.11 Å². The Morgan fingerprint density at radius 1 is 1.10 bits per heavy atom. The number of hydrogen-bond acceptors (Lipinski definition) is 3. The van der Waals surface area contributed by atoms with Crippen LogP contribution in [0, 0.1) is 0 Å². The summed E-state index contributed by atoms with van der Waals surface area (Å²) < 4.78 is 5.44. The van der Waals surface area contributed by atoms with Crippen LogP contribution in [0.3, 0.4) is 0 Å². The fraction of sp³-hybridized carbons (Fsp3) is 0.647. The summed E-state index contributed by atoms with van der Waals surface area (Å²) in [5.74, 6) is 0.867. The van der Waals surface area contributed by atoms with E-state index in [0.29, 0.717) is 6.61 Å². The highest BCUT2D eigenvalue weighted by Gasteiger charge is 2.23. The van der Waals surface area contributed by atoms with E-state index >= 15 is 0 Å². The largest absolute Gasteiger partial charge is 0.494 e. The summed E-state index contributed by atoms with van der Waals surface area (Å²) in [6.45, 7) is 6.99. The molecular weight excluding hydrogens is 250 g/mol. The van der Waals surface area contributed by atoms with Crippen LogP contribution in [0.25, 0.3) is 0 Å². The molecule has 0 amide bonds. The van der Waals surface area contributed by atoms with Crippen LogP contribution >= 0.6 is 0 Å². The third-order valence-electron chi connectivity index (χ3n) is 4.21. The Morgan fingerprint density at radius 3 is 2.25 bits per heavy atom. The summed E-state index contributed by atoms with van der Waals surface area (Å²) >= 11 is 0. The molecule has 2 rings (SSSR count). The molecule has 1 aliphatic heterocycles. The van der Waals surface area contributed by atoms with Crippen LogP contribution in [0.15, 0.2) is 24.3 Å². The molecule has 0 radical (unpaired) electrons. The fourth-order valence-electron chi connectivity index (χ4n) is 2.91. The Morgan fingerprint density at radius 2 is 1.70 bits per heavy atom. The normalized spacial score (nSPS) is 20.1. The SMILES string of the molecule is CCOc1ccc([C@H](O)[C@@H](C)N2CCCCCC2)cc1. The van der Waals surface area contributed by atoms with Gasteiger partial charge in [0.1, 0.15) is 5.75 Å². The number of rotatable bonds is 5. The minimum atomic E-state index is -0.427. The molecule has 3 nitrogen and oxygen atoms in total. The molecule has 112 valence electrons. The topological polar surface area (TPSA) is 32.7 Å². The Kier molecular flexibility index (Phi) is 5.86. The summed E-state index contributed by atoms with van der Waals surface area (Å²) in [4.78, 5) is 2.42. The van der Waals surface area contributed by atoms with Gasteiger partial charge in [-0.2, -0.15) is 0 Å². The molecule has 1 saturated heterocycles. The molecule has 2 atom stereocenters. The molecule has 1 aromatic rings. The van der Waals surface area contributed by atoms with Crippen LogP contribution in [0.5, 0.6) is 5.75 Å². The monoisotopic (exact) mass is 277 g/mol. The maximum Gasteiger partial charge on any atom is 0.119 e. The maximum absolute atomic E-state index is 10.6. The standard InChI is InChI=1S/C17H27NO2/c1-3-20-16-10-8-15(9-11-16)17(19)14(2)18-12-6-4-5-7-13-18/h8-11,14,17,19H,3-7,12-13H2,1-2H3/t14-,17-/m1/s1. The molecule has 3 heteroatoms. The zero-order valence-electron chi connectivity index (χ0n) is 12.7. The highest BCUT2D eigenvalue weighted by molar-refractivity contribution is 5.29. The Bertz CT molecular complexity index is 382. The van der Waals surface area contributed by atoms with Crippen LogP contribution in [0.1, 0.15) is 51.2 Å². The third kappa shape index (κ3) is 3.97. The molecule has 0 aromatic heterocycles. The first-order chi connectivity index (χ1) is 9.72. The molecule has 1 heterocycles. The van der Waals surface area contributed by atoms with Crippen molar-refractivity contribution in [1.82, 2.24) is 4.90 Å². The number of hydrogen-bond donors (Lipinski definition) is 1. The van der Waals surface area contributed by atoms with Crippen LogP contribution in [0.4, 0.5) is 0 Å². The summed E-state index contributed by atoms with van der Waals surface area (Å²) in [7, 11) is 0. The van der Waals surface area contributed by atoms with E-state index in [4.69, 9.17) is 4.74 Å². The van der Waals surface area contributed by atoms with Gasteiger partial charge in [0.05, 0.1) is 12.7 Å². The molecule has 1 aliphatic rings. The van der Waals surface area contributed by atoms with Crippen molar-refractivity contribution in [3.05, 3.63) is 29.8 Å². The lowest BCUT2D eigenvalue weighted by atomic mass is 10.0. The zero-order chi connectivity index (χ0) is 14.4.